The topological polar surface area (TPSA) is 59.0 Å². The number of methoxy groups -OCH3 is 1. The highest BCUT2D eigenvalue weighted by molar-refractivity contribution is 14.0. The van der Waals surface area contributed by atoms with Gasteiger partial charge < -0.3 is 19.7 Å². The Hall–Kier alpha value is -1.94. The van der Waals surface area contributed by atoms with E-state index in [1.54, 1.807) is 37.7 Å². The molecule has 3 rings (SSSR count). The van der Waals surface area contributed by atoms with Gasteiger partial charge in [0.1, 0.15) is 5.75 Å². The van der Waals surface area contributed by atoms with Gasteiger partial charge >= 0.3 is 0 Å². The van der Waals surface area contributed by atoms with Gasteiger partial charge in [0.25, 0.3) is 0 Å². The number of halogens is 2. The summed E-state index contributed by atoms with van der Waals surface area (Å²) in [5, 5.41) is 3.33. The van der Waals surface area contributed by atoms with Crippen molar-refractivity contribution in [3.63, 3.8) is 0 Å². The molecule has 1 aromatic heterocycles. The van der Waals surface area contributed by atoms with Gasteiger partial charge in [0.05, 0.1) is 19.3 Å². The molecule has 0 spiro atoms. The zero-order valence-electron chi connectivity index (χ0n) is 16.8. The number of nitrogens with one attached hydrogen (secondary N) is 1. The van der Waals surface area contributed by atoms with E-state index in [2.05, 4.69) is 20.2 Å². The Morgan fingerprint density at radius 1 is 1.38 bits per heavy atom. The first-order valence-electron chi connectivity index (χ1n) is 9.58. The first kappa shape index (κ1) is 23.3. The number of hydrogen-bond donors (Lipinski definition) is 1. The number of rotatable bonds is 7. The number of ether oxygens (including phenoxy) is 2. The van der Waals surface area contributed by atoms with Gasteiger partial charge in [0.15, 0.2) is 17.5 Å². The fraction of sp³-hybridized carbons (Fsp3) is 0.429. The second-order valence-electron chi connectivity index (χ2n) is 6.78. The average Bonchev–Trinajstić information content (AvgIpc) is 3.17. The first-order chi connectivity index (χ1) is 13.7. The molecule has 8 heteroatoms. The van der Waals surface area contributed by atoms with Gasteiger partial charge in [-0.15, -0.1) is 24.0 Å². The lowest BCUT2D eigenvalue weighted by Gasteiger charge is -2.21. The van der Waals surface area contributed by atoms with E-state index in [0.29, 0.717) is 18.2 Å². The Morgan fingerprint density at radius 3 is 2.93 bits per heavy atom. The lowest BCUT2D eigenvalue weighted by molar-refractivity contribution is 0.157. The summed E-state index contributed by atoms with van der Waals surface area (Å²) in [6.07, 6.45) is 4.28. The number of guanidine groups is 1. The molecule has 1 saturated heterocycles. The van der Waals surface area contributed by atoms with Gasteiger partial charge in [-0.2, -0.15) is 0 Å². The number of likely N-dealkylation sites (tertiary alicyclic amines) is 1. The third kappa shape index (κ3) is 6.81. The van der Waals surface area contributed by atoms with Crippen LogP contribution in [0.5, 0.6) is 11.5 Å². The lowest BCUT2D eigenvalue weighted by Crippen LogP contribution is -2.40. The number of pyridine rings is 1. The second-order valence-corrected chi connectivity index (χ2v) is 6.78. The van der Waals surface area contributed by atoms with Crippen LogP contribution in [0.25, 0.3) is 0 Å². The molecule has 1 atom stereocenters. The van der Waals surface area contributed by atoms with Crippen molar-refractivity contribution in [1.82, 2.24) is 15.2 Å². The van der Waals surface area contributed by atoms with E-state index >= 15 is 0 Å². The highest BCUT2D eigenvalue weighted by Gasteiger charge is 2.24. The summed E-state index contributed by atoms with van der Waals surface area (Å²) in [6, 6.07) is 8.41. The monoisotopic (exact) mass is 514 g/mol. The van der Waals surface area contributed by atoms with Gasteiger partial charge in [-0.3, -0.25) is 4.98 Å². The summed E-state index contributed by atoms with van der Waals surface area (Å²) < 4.78 is 25.2. The molecule has 2 aromatic rings. The van der Waals surface area contributed by atoms with Crippen LogP contribution in [0.4, 0.5) is 4.39 Å². The molecule has 0 bridgehead atoms. The van der Waals surface area contributed by atoms with E-state index in [0.717, 1.165) is 44.2 Å². The van der Waals surface area contributed by atoms with Crippen LogP contribution in [-0.2, 0) is 11.3 Å². The molecule has 0 amide bonds. The molecule has 0 aliphatic carbocycles. The highest BCUT2D eigenvalue weighted by atomic mass is 127. The standard InChI is InChI=1S/C21H27FN4O2.HI/c1-3-24-21(26-10-8-17(14-26)15-27-2)25-12-16-6-7-20(19(22)11-16)28-18-5-4-9-23-13-18;/h4-7,9,11,13,17H,3,8,10,12,14-15H2,1-2H3,(H,24,25);1H. The molecular formula is C21H28FIN4O2. The van der Waals surface area contributed by atoms with Gasteiger partial charge in [0.2, 0.25) is 0 Å². The Morgan fingerprint density at radius 2 is 2.24 bits per heavy atom. The Labute approximate surface area is 188 Å². The van der Waals surface area contributed by atoms with E-state index in [4.69, 9.17) is 9.47 Å². The van der Waals surface area contributed by atoms with Crippen molar-refractivity contribution in [2.24, 2.45) is 10.9 Å². The van der Waals surface area contributed by atoms with Crippen molar-refractivity contribution in [1.29, 1.82) is 0 Å². The number of benzene rings is 1. The van der Waals surface area contributed by atoms with Crippen LogP contribution in [0.15, 0.2) is 47.7 Å². The van der Waals surface area contributed by atoms with Crippen molar-refractivity contribution >= 4 is 29.9 Å². The molecule has 1 N–H and O–H groups in total. The van der Waals surface area contributed by atoms with Crippen LogP contribution in [0, 0.1) is 11.7 Å². The van der Waals surface area contributed by atoms with Crippen LogP contribution in [0.2, 0.25) is 0 Å². The molecule has 1 aliphatic rings. The van der Waals surface area contributed by atoms with E-state index in [1.807, 2.05) is 13.0 Å². The third-order valence-corrected chi connectivity index (χ3v) is 4.59. The van der Waals surface area contributed by atoms with Crippen molar-refractivity contribution in [3.05, 3.63) is 54.1 Å². The van der Waals surface area contributed by atoms with E-state index in [9.17, 15) is 4.39 Å². The van der Waals surface area contributed by atoms with Crippen LogP contribution < -0.4 is 10.1 Å². The van der Waals surface area contributed by atoms with Crippen molar-refractivity contribution < 1.29 is 13.9 Å². The molecule has 6 nitrogen and oxygen atoms in total. The summed E-state index contributed by atoms with van der Waals surface area (Å²) in [5.74, 6) is 1.64. The average molecular weight is 514 g/mol. The number of hydrogen-bond acceptors (Lipinski definition) is 4. The zero-order valence-corrected chi connectivity index (χ0v) is 19.1. The van der Waals surface area contributed by atoms with E-state index in [1.165, 1.54) is 6.07 Å². The molecule has 1 aromatic carbocycles. The third-order valence-electron chi connectivity index (χ3n) is 4.59. The van der Waals surface area contributed by atoms with Crippen LogP contribution in [-0.4, -0.2) is 49.2 Å². The normalized spacial score (nSPS) is 16.4. The first-order valence-corrected chi connectivity index (χ1v) is 9.58. The molecule has 2 heterocycles. The van der Waals surface area contributed by atoms with Gasteiger partial charge in [0, 0.05) is 38.9 Å². The minimum Gasteiger partial charge on any atom is -0.453 e. The smallest absolute Gasteiger partial charge is 0.194 e. The largest absolute Gasteiger partial charge is 0.453 e. The highest BCUT2D eigenvalue weighted by Crippen LogP contribution is 2.25. The van der Waals surface area contributed by atoms with Gasteiger partial charge in [-0.25, -0.2) is 9.38 Å². The SMILES string of the molecule is CCNC(=NCc1ccc(Oc2cccnc2)c(F)c1)N1CCC(COC)C1.I. The van der Waals surface area contributed by atoms with Crippen LogP contribution in [0.1, 0.15) is 18.9 Å². The molecule has 158 valence electrons. The number of aromatic nitrogens is 1. The molecule has 0 saturated carbocycles. The van der Waals surface area contributed by atoms with Crippen LogP contribution in [0.3, 0.4) is 0 Å². The second kappa shape index (κ2) is 11.9. The summed E-state index contributed by atoms with van der Waals surface area (Å²) in [4.78, 5) is 10.9. The number of aliphatic imine (C=N–C) groups is 1. The molecule has 1 fully saturated rings. The molecule has 0 radical (unpaired) electrons. The molecule has 1 unspecified atom stereocenters. The number of nitrogens with zero attached hydrogens (tertiary/aromatic N) is 3. The maximum atomic E-state index is 14.4. The van der Waals surface area contributed by atoms with E-state index < -0.39 is 5.82 Å². The summed E-state index contributed by atoms with van der Waals surface area (Å²) in [6.45, 7) is 5.87. The summed E-state index contributed by atoms with van der Waals surface area (Å²) >= 11 is 0. The molecular weight excluding hydrogens is 486 g/mol. The predicted molar refractivity (Wildman–Crippen MR) is 122 cm³/mol. The van der Waals surface area contributed by atoms with Crippen LogP contribution >= 0.6 is 24.0 Å². The molecule has 29 heavy (non-hydrogen) atoms. The summed E-state index contributed by atoms with van der Waals surface area (Å²) in [5.41, 5.74) is 0.791. The summed E-state index contributed by atoms with van der Waals surface area (Å²) in [7, 11) is 1.73. The maximum Gasteiger partial charge on any atom is 0.194 e. The maximum absolute atomic E-state index is 14.4. The van der Waals surface area contributed by atoms with Gasteiger partial charge in [-0.1, -0.05) is 6.07 Å². The minimum absolute atomic E-state index is 0. The Kier molecular flexibility index (Phi) is 9.59. The van der Waals surface area contributed by atoms with Gasteiger partial charge in [-0.05, 0) is 43.2 Å². The Bertz CT molecular complexity index is 792. The zero-order chi connectivity index (χ0) is 19.8. The van der Waals surface area contributed by atoms with Crippen molar-refractivity contribution in [2.75, 3.05) is 33.4 Å². The van der Waals surface area contributed by atoms with Crippen molar-refractivity contribution in [3.8, 4) is 11.5 Å². The lowest BCUT2D eigenvalue weighted by atomic mass is 10.1. The minimum atomic E-state index is -0.414. The molecule has 1 aliphatic heterocycles. The fourth-order valence-corrected chi connectivity index (χ4v) is 3.25. The quantitative estimate of drug-likeness (QED) is 0.343. The van der Waals surface area contributed by atoms with Crippen molar-refractivity contribution in [2.45, 2.75) is 19.9 Å². The van der Waals surface area contributed by atoms with E-state index in [-0.39, 0.29) is 29.7 Å². The Balaban J connectivity index is 0.00000300. The fourth-order valence-electron chi connectivity index (χ4n) is 3.25. The predicted octanol–water partition coefficient (Wildman–Crippen LogP) is 4.06.